The molecule has 1 aromatic heterocycles. The molecule has 0 saturated carbocycles. The fourth-order valence-electron chi connectivity index (χ4n) is 2.69. The van der Waals surface area contributed by atoms with Crippen LogP contribution in [0, 0.1) is 24.7 Å². The lowest BCUT2D eigenvalue weighted by Gasteiger charge is -2.12. The number of para-hydroxylation sites is 1. The van der Waals surface area contributed by atoms with Gasteiger partial charge in [0.2, 0.25) is 0 Å². The Balaban J connectivity index is 1.83. The summed E-state index contributed by atoms with van der Waals surface area (Å²) in [4.78, 5) is 12.9. The molecule has 0 radical (unpaired) electrons. The Morgan fingerprint density at radius 3 is 2.46 bits per heavy atom. The van der Waals surface area contributed by atoms with Gasteiger partial charge in [0, 0.05) is 5.56 Å². The van der Waals surface area contributed by atoms with Crippen LogP contribution in [-0.2, 0) is 0 Å². The highest BCUT2D eigenvalue weighted by molar-refractivity contribution is 8.02. The molecule has 0 aliphatic carbocycles. The van der Waals surface area contributed by atoms with E-state index < -0.39 is 0 Å². The zero-order chi connectivity index (χ0) is 18.8. The first-order chi connectivity index (χ1) is 12.4. The van der Waals surface area contributed by atoms with Crippen LogP contribution in [0.3, 0.4) is 0 Å². The van der Waals surface area contributed by atoms with E-state index in [0.717, 1.165) is 26.7 Å². The number of carbonyl (C=O) groups is 1. The number of aromatic nitrogens is 2. The quantitative estimate of drug-likeness (QED) is 0.301. The number of carbonyl (C=O) groups excluding carboxylic acids is 1. The highest BCUT2D eigenvalue weighted by atomic mass is 32.2. The maximum absolute atomic E-state index is 12.9. The van der Waals surface area contributed by atoms with Gasteiger partial charge >= 0.3 is 0 Å². The fourth-order valence-corrected chi connectivity index (χ4v) is 5.26. The van der Waals surface area contributed by atoms with Gasteiger partial charge in [0.25, 0.3) is 0 Å². The molecule has 6 heteroatoms. The molecule has 26 heavy (non-hydrogen) atoms. The Bertz CT molecular complexity index is 1010. The summed E-state index contributed by atoms with van der Waals surface area (Å²) in [7, 11) is 0. The van der Waals surface area contributed by atoms with Crippen LogP contribution in [0.1, 0.15) is 34.0 Å². The van der Waals surface area contributed by atoms with Crippen LogP contribution in [0.25, 0.3) is 5.69 Å². The smallest absolute Gasteiger partial charge is 0.184 e. The third-order valence-electron chi connectivity index (χ3n) is 4.28. The van der Waals surface area contributed by atoms with Gasteiger partial charge in [0.1, 0.15) is 0 Å². The number of hydrogen-bond donors (Lipinski definition) is 0. The summed E-state index contributed by atoms with van der Waals surface area (Å²) in [6.45, 7) is 8.03. The third kappa shape index (κ3) is 3.98. The molecule has 3 rings (SSSR count). The van der Waals surface area contributed by atoms with Gasteiger partial charge in [-0.05, 0) is 74.8 Å². The number of rotatable bonds is 5. The second-order valence-corrected chi connectivity index (χ2v) is 9.47. The highest BCUT2D eigenvalue weighted by Crippen LogP contribution is 2.30. The van der Waals surface area contributed by atoms with Gasteiger partial charge < -0.3 is 0 Å². The summed E-state index contributed by atoms with van der Waals surface area (Å²) in [5.41, 5.74) is 5.09. The van der Waals surface area contributed by atoms with E-state index in [1.165, 1.54) is 28.7 Å². The lowest BCUT2D eigenvalue weighted by Crippen LogP contribution is -2.15. The molecule has 1 atom stereocenters. The number of nitrogens with zero attached hydrogens (tertiary/aromatic N) is 2. The summed E-state index contributed by atoms with van der Waals surface area (Å²) in [6, 6.07) is 13.9. The van der Waals surface area contributed by atoms with Crippen molar-refractivity contribution in [3.05, 3.63) is 68.7 Å². The van der Waals surface area contributed by atoms with Crippen molar-refractivity contribution in [2.75, 3.05) is 0 Å². The minimum atomic E-state index is -0.222. The molecule has 3 aromatic rings. The van der Waals surface area contributed by atoms with Crippen LogP contribution in [0.5, 0.6) is 0 Å². The first-order valence-electron chi connectivity index (χ1n) is 8.31. The summed E-state index contributed by atoms with van der Waals surface area (Å²) in [5.74, 6) is 0.128. The van der Waals surface area contributed by atoms with Gasteiger partial charge in [-0.1, -0.05) is 47.4 Å². The van der Waals surface area contributed by atoms with Crippen molar-refractivity contribution in [2.24, 2.45) is 0 Å². The Hall–Kier alpha value is -1.76. The average molecular weight is 401 g/mol. The Labute approximate surface area is 167 Å². The SMILES string of the molecule is Cc1cc(C)c(C(=O)C(C)Sc2nn(-c3ccccc3)c(=S)s2)cc1C. The number of aryl methyl sites for hydroxylation is 3. The van der Waals surface area contributed by atoms with E-state index in [-0.39, 0.29) is 11.0 Å². The molecule has 0 aliphatic rings. The monoisotopic (exact) mass is 400 g/mol. The van der Waals surface area contributed by atoms with E-state index in [4.69, 9.17) is 12.2 Å². The van der Waals surface area contributed by atoms with Crippen LogP contribution >= 0.6 is 35.3 Å². The summed E-state index contributed by atoms with van der Waals surface area (Å²) in [6.07, 6.45) is 0. The molecule has 2 aromatic carbocycles. The summed E-state index contributed by atoms with van der Waals surface area (Å²) >= 11 is 8.34. The van der Waals surface area contributed by atoms with Gasteiger partial charge in [-0.25, -0.2) is 4.68 Å². The number of ketones is 1. The van der Waals surface area contributed by atoms with Crippen LogP contribution in [0.4, 0.5) is 0 Å². The molecule has 0 bridgehead atoms. The van der Waals surface area contributed by atoms with Crippen molar-refractivity contribution in [1.82, 2.24) is 9.78 Å². The molecule has 0 aliphatic heterocycles. The molecule has 0 fully saturated rings. The van der Waals surface area contributed by atoms with E-state index in [1.54, 1.807) is 4.68 Å². The topological polar surface area (TPSA) is 34.9 Å². The van der Waals surface area contributed by atoms with Crippen molar-refractivity contribution in [3.63, 3.8) is 0 Å². The van der Waals surface area contributed by atoms with E-state index in [2.05, 4.69) is 18.1 Å². The van der Waals surface area contributed by atoms with Crippen molar-refractivity contribution in [2.45, 2.75) is 37.3 Å². The van der Waals surface area contributed by atoms with Gasteiger partial charge in [0.05, 0.1) is 10.9 Å². The maximum atomic E-state index is 12.9. The minimum absolute atomic E-state index is 0.128. The predicted molar refractivity (Wildman–Crippen MR) is 113 cm³/mol. The maximum Gasteiger partial charge on any atom is 0.184 e. The van der Waals surface area contributed by atoms with E-state index in [0.29, 0.717) is 3.95 Å². The number of benzene rings is 2. The second-order valence-electron chi connectivity index (χ2n) is 6.26. The lowest BCUT2D eigenvalue weighted by atomic mass is 9.97. The van der Waals surface area contributed by atoms with Gasteiger partial charge in [-0.2, -0.15) is 0 Å². The van der Waals surface area contributed by atoms with Gasteiger partial charge in [0.15, 0.2) is 14.1 Å². The molecule has 0 N–H and O–H groups in total. The Morgan fingerprint density at radius 1 is 1.12 bits per heavy atom. The normalized spacial score (nSPS) is 12.2. The highest BCUT2D eigenvalue weighted by Gasteiger charge is 2.21. The first-order valence-corrected chi connectivity index (χ1v) is 10.4. The van der Waals surface area contributed by atoms with Crippen molar-refractivity contribution >= 4 is 41.1 Å². The standard InChI is InChI=1S/C20H20N2OS3/c1-12-10-14(3)17(11-13(12)2)18(23)15(4)25-19-21-22(20(24)26-19)16-8-6-5-7-9-16/h5-11,15H,1-4H3. The van der Waals surface area contributed by atoms with Gasteiger partial charge in [-0.3, -0.25) is 4.79 Å². The third-order valence-corrected chi connectivity index (χ3v) is 6.70. The molecule has 0 amide bonds. The zero-order valence-corrected chi connectivity index (χ0v) is 17.6. The first kappa shape index (κ1) is 19.0. The van der Waals surface area contributed by atoms with Crippen molar-refractivity contribution < 1.29 is 4.79 Å². The summed E-state index contributed by atoms with van der Waals surface area (Å²) < 4.78 is 3.24. The minimum Gasteiger partial charge on any atom is -0.293 e. The molecule has 1 heterocycles. The molecule has 3 nitrogen and oxygen atoms in total. The molecule has 134 valence electrons. The lowest BCUT2D eigenvalue weighted by molar-refractivity contribution is 0.0993. The largest absolute Gasteiger partial charge is 0.293 e. The molecular weight excluding hydrogens is 380 g/mol. The number of hydrogen-bond acceptors (Lipinski definition) is 5. The zero-order valence-electron chi connectivity index (χ0n) is 15.1. The van der Waals surface area contributed by atoms with Crippen molar-refractivity contribution in [1.29, 1.82) is 0 Å². The Kier molecular flexibility index (Phi) is 5.75. The summed E-state index contributed by atoms with van der Waals surface area (Å²) in [5, 5.41) is 4.37. The van der Waals surface area contributed by atoms with Crippen LogP contribution in [0.15, 0.2) is 46.8 Å². The molecular formula is C20H20N2OS3. The predicted octanol–water partition coefficient (Wildman–Crippen LogP) is 5.95. The van der Waals surface area contributed by atoms with Crippen LogP contribution in [0.2, 0.25) is 0 Å². The number of thioether (sulfide) groups is 1. The van der Waals surface area contributed by atoms with E-state index in [1.807, 2.05) is 57.2 Å². The molecule has 0 spiro atoms. The Morgan fingerprint density at radius 2 is 1.77 bits per heavy atom. The second kappa shape index (κ2) is 7.86. The molecule has 1 unspecified atom stereocenters. The van der Waals surface area contributed by atoms with Crippen LogP contribution < -0.4 is 0 Å². The van der Waals surface area contributed by atoms with Crippen LogP contribution in [-0.4, -0.2) is 20.8 Å². The van der Waals surface area contributed by atoms with Crippen molar-refractivity contribution in [3.8, 4) is 5.69 Å². The number of Topliss-reactive ketones (excluding diaryl/α,β-unsaturated/α-hetero) is 1. The molecule has 0 saturated heterocycles. The fraction of sp³-hybridized carbons (Fsp3) is 0.250. The van der Waals surface area contributed by atoms with Gasteiger partial charge in [-0.15, -0.1) is 5.10 Å². The van der Waals surface area contributed by atoms with E-state index >= 15 is 0 Å². The average Bonchev–Trinajstić information content (AvgIpc) is 2.98. The van der Waals surface area contributed by atoms with E-state index in [9.17, 15) is 4.79 Å².